The number of aryl methyl sites for hydroxylation is 2. The maximum atomic E-state index is 7.65. The van der Waals surface area contributed by atoms with Gasteiger partial charge in [-0.15, -0.1) is 0 Å². The number of amidine groups is 1. The van der Waals surface area contributed by atoms with Gasteiger partial charge in [0.15, 0.2) is 0 Å². The van der Waals surface area contributed by atoms with E-state index in [1.165, 1.54) is 18.4 Å². The Morgan fingerprint density at radius 3 is 2.48 bits per heavy atom. The normalized spacial score (nSPS) is 10.4. The zero-order valence-corrected chi connectivity index (χ0v) is 12.6. The van der Waals surface area contributed by atoms with Crippen LogP contribution in [0.1, 0.15) is 36.5 Å². The van der Waals surface area contributed by atoms with E-state index in [2.05, 4.69) is 19.1 Å². The van der Waals surface area contributed by atoms with Gasteiger partial charge in [-0.2, -0.15) is 0 Å². The fraction of sp³-hybridized carbons (Fsp3) is 0.278. The van der Waals surface area contributed by atoms with Crippen LogP contribution in [0.4, 0.5) is 0 Å². The van der Waals surface area contributed by atoms with E-state index >= 15 is 0 Å². The smallest absolute Gasteiger partial charge is 0.138 e. The van der Waals surface area contributed by atoms with Gasteiger partial charge < -0.3 is 10.5 Å². The Hall–Kier alpha value is -2.29. The van der Waals surface area contributed by atoms with Crippen molar-refractivity contribution in [2.24, 2.45) is 5.73 Å². The standard InChI is InChI=1S/C18H22N2O/c1-3-4-5-14-7-9-15(10-8-14)21-17-11-6-13(2)12-16(17)18(19)20/h6-12H,3-5H2,1-2H3,(H3,19,20). The average molecular weight is 282 g/mol. The molecule has 2 rings (SSSR count). The predicted octanol–water partition coefficient (Wildman–Crippen LogP) is 4.41. The van der Waals surface area contributed by atoms with Crippen molar-refractivity contribution < 1.29 is 4.74 Å². The first-order valence-electron chi connectivity index (χ1n) is 7.32. The molecule has 2 aromatic rings. The van der Waals surface area contributed by atoms with Gasteiger partial charge in [0.05, 0.1) is 5.56 Å². The number of nitrogens with one attached hydrogen (secondary N) is 1. The number of hydrogen-bond acceptors (Lipinski definition) is 2. The first kappa shape index (κ1) is 15.1. The molecule has 3 N–H and O–H groups in total. The van der Waals surface area contributed by atoms with Gasteiger partial charge in [0.25, 0.3) is 0 Å². The van der Waals surface area contributed by atoms with E-state index in [1.54, 1.807) is 0 Å². The van der Waals surface area contributed by atoms with E-state index < -0.39 is 0 Å². The lowest BCUT2D eigenvalue weighted by molar-refractivity contribution is 0.481. The highest BCUT2D eigenvalue weighted by Gasteiger charge is 2.08. The van der Waals surface area contributed by atoms with Crippen molar-refractivity contribution in [3.63, 3.8) is 0 Å². The highest BCUT2D eigenvalue weighted by molar-refractivity contribution is 5.97. The Kier molecular flexibility index (Phi) is 4.99. The van der Waals surface area contributed by atoms with Crippen LogP contribution in [-0.2, 0) is 6.42 Å². The van der Waals surface area contributed by atoms with Crippen LogP contribution in [0.2, 0.25) is 0 Å². The largest absolute Gasteiger partial charge is 0.457 e. The number of nitrogen functional groups attached to an aromatic ring is 1. The quantitative estimate of drug-likeness (QED) is 0.609. The molecule has 0 saturated carbocycles. The zero-order chi connectivity index (χ0) is 15.2. The number of unbranched alkanes of at least 4 members (excludes halogenated alkanes) is 1. The molecule has 110 valence electrons. The number of nitrogens with two attached hydrogens (primary N) is 1. The molecule has 3 nitrogen and oxygen atoms in total. The second-order valence-corrected chi connectivity index (χ2v) is 5.26. The molecule has 3 heteroatoms. The number of rotatable bonds is 6. The molecule has 0 amide bonds. The summed E-state index contributed by atoms with van der Waals surface area (Å²) in [5, 5.41) is 7.65. The minimum atomic E-state index is 0.0215. The molecule has 2 aromatic carbocycles. The van der Waals surface area contributed by atoms with Crippen molar-refractivity contribution in [3.05, 3.63) is 59.2 Å². The Labute approximate surface area is 126 Å². The molecule has 0 aromatic heterocycles. The van der Waals surface area contributed by atoms with Crippen molar-refractivity contribution in [2.45, 2.75) is 33.1 Å². The summed E-state index contributed by atoms with van der Waals surface area (Å²) in [5.41, 5.74) is 8.63. The molecule has 0 heterocycles. The first-order valence-corrected chi connectivity index (χ1v) is 7.32. The third-order valence-corrected chi connectivity index (χ3v) is 3.40. The van der Waals surface area contributed by atoms with Gasteiger partial charge in [-0.1, -0.05) is 37.1 Å². The van der Waals surface area contributed by atoms with Crippen LogP contribution in [-0.4, -0.2) is 5.84 Å². The third-order valence-electron chi connectivity index (χ3n) is 3.40. The highest BCUT2D eigenvalue weighted by atomic mass is 16.5. The molecule has 21 heavy (non-hydrogen) atoms. The molecule has 0 bridgehead atoms. The fourth-order valence-electron chi connectivity index (χ4n) is 2.18. The molecule has 0 saturated heterocycles. The van der Waals surface area contributed by atoms with Crippen molar-refractivity contribution >= 4 is 5.84 Å². The van der Waals surface area contributed by atoms with E-state index in [0.717, 1.165) is 17.7 Å². The Balaban J connectivity index is 2.16. The summed E-state index contributed by atoms with van der Waals surface area (Å²) >= 11 is 0. The third kappa shape index (κ3) is 4.09. The summed E-state index contributed by atoms with van der Waals surface area (Å²) in [5.74, 6) is 1.41. The van der Waals surface area contributed by atoms with Gasteiger partial charge >= 0.3 is 0 Å². The van der Waals surface area contributed by atoms with E-state index in [4.69, 9.17) is 15.9 Å². The van der Waals surface area contributed by atoms with Gasteiger partial charge in [-0.05, 0) is 49.6 Å². The van der Waals surface area contributed by atoms with Crippen molar-refractivity contribution in [1.82, 2.24) is 0 Å². The van der Waals surface area contributed by atoms with Crippen LogP contribution < -0.4 is 10.5 Å². The lowest BCUT2D eigenvalue weighted by Crippen LogP contribution is -2.12. The summed E-state index contributed by atoms with van der Waals surface area (Å²) in [4.78, 5) is 0. The summed E-state index contributed by atoms with van der Waals surface area (Å²) in [6.07, 6.45) is 3.50. The summed E-state index contributed by atoms with van der Waals surface area (Å²) in [6.45, 7) is 4.16. The van der Waals surface area contributed by atoms with Gasteiger partial charge in [0.1, 0.15) is 17.3 Å². The van der Waals surface area contributed by atoms with Gasteiger partial charge in [-0.25, -0.2) is 0 Å². The van der Waals surface area contributed by atoms with Crippen LogP contribution >= 0.6 is 0 Å². The minimum Gasteiger partial charge on any atom is -0.457 e. The molecular formula is C18H22N2O. The van der Waals surface area contributed by atoms with E-state index in [9.17, 15) is 0 Å². The zero-order valence-electron chi connectivity index (χ0n) is 12.6. The predicted molar refractivity (Wildman–Crippen MR) is 87.3 cm³/mol. The molecule has 0 fully saturated rings. The maximum absolute atomic E-state index is 7.65. The van der Waals surface area contributed by atoms with Gasteiger partial charge in [0.2, 0.25) is 0 Å². The first-order chi connectivity index (χ1) is 10.1. The van der Waals surface area contributed by atoms with Gasteiger partial charge in [-0.3, -0.25) is 5.41 Å². The van der Waals surface area contributed by atoms with Crippen LogP contribution in [0.25, 0.3) is 0 Å². The van der Waals surface area contributed by atoms with Gasteiger partial charge in [0, 0.05) is 0 Å². The molecule has 0 aliphatic heterocycles. The van der Waals surface area contributed by atoms with E-state index in [1.807, 2.05) is 37.3 Å². The van der Waals surface area contributed by atoms with Crippen LogP contribution in [0.5, 0.6) is 11.5 Å². The Bertz CT molecular complexity index is 618. The van der Waals surface area contributed by atoms with Crippen LogP contribution in [0, 0.1) is 12.3 Å². The summed E-state index contributed by atoms with van der Waals surface area (Å²) in [7, 11) is 0. The Morgan fingerprint density at radius 1 is 1.14 bits per heavy atom. The molecule has 0 spiro atoms. The lowest BCUT2D eigenvalue weighted by atomic mass is 10.1. The SMILES string of the molecule is CCCCc1ccc(Oc2ccc(C)cc2C(=N)N)cc1. The van der Waals surface area contributed by atoms with Crippen molar-refractivity contribution in [2.75, 3.05) is 0 Å². The minimum absolute atomic E-state index is 0.0215. The maximum Gasteiger partial charge on any atom is 0.138 e. The monoisotopic (exact) mass is 282 g/mol. The molecule has 0 unspecified atom stereocenters. The van der Waals surface area contributed by atoms with Crippen LogP contribution in [0.3, 0.4) is 0 Å². The van der Waals surface area contributed by atoms with Crippen molar-refractivity contribution in [3.8, 4) is 11.5 Å². The second-order valence-electron chi connectivity index (χ2n) is 5.26. The molecular weight excluding hydrogens is 260 g/mol. The van der Waals surface area contributed by atoms with Crippen molar-refractivity contribution in [1.29, 1.82) is 5.41 Å². The average Bonchev–Trinajstić information content (AvgIpc) is 2.48. The number of ether oxygens (including phenoxy) is 1. The second kappa shape index (κ2) is 6.93. The summed E-state index contributed by atoms with van der Waals surface area (Å²) in [6, 6.07) is 13.8. The topological polar surface area (TPSA) is 59.1 Å². The highest BCUT2D eigenvalue weighted by Crippen LogP contribution is 2.26. The van der Waals surface area contributed by atoms with E-state index in [-0.39, 0.29) is 5.84 Å². The number of hydrogen-bond donors (Lipinski definition) is 2. The Morgan fingerprint density at radius 2 is 1.86 bits per heavy atom. The molecule has 0 radical (unpaired) electrons. The summed E-state index contributed by atoms with van der Waals surface area (Å²) < 4.78 is 5.86. The molecule has 0 aliphatic rings. The van der Waals surface area contributed by atoms with E-state index in [0.29, 0.717) is 11.3 Å². The molecule has 0 aliphatic carbocycles. The van der Waals surface area contributed by atoms with Crippen LogP contribution in [0.15, 0.2) is 42.5 Å². The lowest BCUT2D eigenvalue weighted by Gasteiger charge is -2.11. The fourth-order valence-corrected chi connectivity index (χ4v) is 2.18. The molecule has 0 atom stereocenters. The number of benzene rings is 2.